The van der Waals surface area contributed by atoms with Crippen molar-refractivity contribution >= 4 is 29.1 Å². The van der Waals surface area contributed by atoms with Crippen LogP contribution in [0.5, 0.6) is 0 Å². The van der Waals surface area contributed by atoms with Crippen molar-refractivity contribution in [3.63, 3.8) is 0 Å². The first-order valence-electron chi connectivity index (χ1n) is 12.6. The minimum atomic E-state index is -4.66. The summed E-state index contributed by atoms with van der Waals surface area (Å²) in [6, 6.07) is 8.47. The summed E-state index contributed by atoms with van der Waals surface area (Å²) in [4.78, 5) is 7.35. The van der Waals surface area contributed by atoms with E-state index in [1.165, 1.54) is 12.1 Å². The van der Waals surface area contributed by atoms with Gasteiger partial charge < -0.3 is 9.57 Å². The van der Waals surface area contributed by atoms with Gasteiger partial charge in [0.1, 0.15) is 5.60 Å². The minimum Gasteiger partial charge on any atom is -0.374 e. The van der Waals surface area contributed by atoms with E-state index in [2.05, 4.69) is 22.9 Å². The average molecular weight is 569 g/mol. The predicted molar refractivity (Wildman–Crippen MR) is 151 cm³/mol. The summed E-state index contributed by atoms with van der Waals surface area (Å²) in [5.74, 6) is 1.07. The molecule has 0 aromatic heterocycles. The zero-order chi connectivity index (χ0) is 28.3. The first-order chi connectivity index (χ1) is 18.0. The summed E-state index contributed by atoms with van der Waals surface area (Å²) in [6.07, 6.45) is -1.13. The first-order valence-corrected chi connectivity index (χ1v) is 14.4. The summed E-state index contributed by atoms with van der Waals surface area (Å²) in [5, 5.41) is 4.18. The summed E-state index contributed by atoms with van der Waals surface area (Å²) in [5.41, 5.74) is 1.52. The van der Waals surface area contributed by atoms with Crippen molar-refractivity contribution in [2.24, 2.45) is 5.16 Å². The normalized spacial score (nSPS) is 21.3. The van der Waals surface area contributed by atoms with Crippen molar-refractivity contribution in [2.45, 2.75) is 58.1 Å². The molecule has 1 unspecified atom stereocenters. The molecule has 1 spiro atoms. The van der Waals surface area contributed by atoms with Gasteiger partial charge in [-0.1, -0.05) is 54.9 Å². The van der Waals surface area contributed by atoms with Crippen LogP contribution in [-0.2, 0) is 27.4 Å². The molecule has 1 saturated heterocycles. The SMILES string of the molecule is C=CCSC.CC.Cc1cc(C2(C(F)(F)F)CC(c3ccc4c(c3)COC43CN(C)C3)=NO2)cc(Cl)c1C. The summed E-state index contributed by atoms with van der Waals surface area (Å²) in [7, 11) is 2.03. The fourth-order valence-corrected chi connectivity index (χ4v) is 5.45. The van der Waals surface area contributed by atoms with Gasteiger partial charge in [-0.25, -0.2) is 0 Å². The Morgan fingerprint density at radius 3 is 2.39 bits per heavy atom. The lowest BCUT2D eigenvalue weighted by atomic mass is 9.83. The van der Waals surface area contributed by atoms with Crippen LogP contribution in [0.3, 0.4) is 0 Å². The van der Waals surface area contributed by atoms with Crippen molar-refractivity contribution in [2.75, 3.05) is 32.1 Å². The Bertz CT molecular complexity index is 1170. The maximum Gasteiger partial charge on any atom is 0.435 e. The average Bonchev–Trinajstić information content (AvgIpc) is 3.48. The molecule has 2 aromatic rings. The van der Waals surface area contributed by atoms with Crippen molar-refractivity contribution in [1.29, 1.82) is 0 Å². The molecule has 2 aromatic carbocycles. The molecule has 0 radical (unpaired) electrons. The molecule has 3 aliphatic heterocycles. The van der Waals surface area contributed by atoms with Gasteiger partial charge in [-0.15, -0.1) is 6.58 Å². The van der Waals surface area contributed by atoms with E-state index in [-0.39, 0.29) is 21.9 Å². The van der Waals surface area contributed by atoms with Gasteiger partial charge in [-0.05, 0) is 67.1 Å². The van der Waals surface area contributed by atoms with E-state index in [4.69, 9.17) is 21.2 Å². The van der Waals surface area contributed by atoms with Crippen LogP contribution in [0.4, 0.5) is 13.2 Å². The van der Waals surface area contributed by atoms with Crippen molar-refractivity contribution < 1.29 is 22.7 Å². The van der Waals surface area contributed by atoms with Crippen LogP contribution < -0.4 is 0 Å². The number of likely N-dealkylation sites (tertiary alicyclic amines) is 1. The standard InChI is InChI=1S/C23H22ClF3N2O2.C4H8S.C2H6/c1-13-6-17(8-19(24)14(13)2)22(23(25,26)27)9-20(28-31-22)15-4-5-18-16(7-15)10-30-21(18)11-29(3)12-21;1-3-4-5-2;1-2/h4-8H,9-12H2,1-3H3;3H,1,4H2,2H3;1-2H3. The van der Waals surface area contributed by atoms with E-state index in [0.29, 0.717) is 17.7 Å². The number of aryl methyl sites for hydroxylation is 1. The summed E-state index contributed by atoms with van der Waals surface area (Å²) in [6.45, 7) is 13.1. The van der Waals surface area contributed by atoms with Crippen LogP contribution in [0.1, 0.15) is 53.6 Å². The maximum absolute atomic E-state index is 14.3. The van der Waals surface area contributed by atoms with E-state index in [9.17, 15) is 13.2 Å². The van der Waals surface area contributed by atoms with Gasteiger partial charge in [0, 0.05) is 35.8 Å². The Morgan fingerprint density at radius 2 is 1.87 bits per heavy atom. The highest BCUT2D eigenvalue weighted by Crippen LogP contribution is 2.50. The third kappa shape index (κ3) is 5.64. The van der Waals surface area contributed by atoms with E-state index in [1.807, 2.05) is 45.2 Å². The van der Waals surface area contributed by atoms with Crippen LogP contribution in [0.15, 0.2) is 48.1 Å². The molecule has 3 aliphatic rings. The largest absolute Gasteiger partial charge is 0.435 e. The van der Waals surface area contributed by atoms with Crippen molar-refractivity contribution in [1.82, 2.24) is 4.90 Å². The number of rotatable bonds is 4. The number of oxime groups is 1. The number of benzene rings is 2. The van der Waals surface area contributed by atoms with Crippen molar-refractivity contribution in [3.05, 3.63) is 81.4 Å². The Hall–Kier alpha value is -2.00. The molecule has 38 heavy (non-hydrogen) atoms. The second kappa shape index (κ2) is 12.0. The van der Waals surface area contributed by atoms with Gasteiger partial charge in [0.25, 0.3) is 5.60 Å². The van der Waals surface area contributed by atoms with Crippen LogP contribution in [0.2, 0.25) is 5.02 Å². The number of thioether (sulfide) groups is 1. The smallest absolute Gasteiger partial charge is 0.374 e. The van der Waals surface area contributed by atoms with Gasteiger partial charge in [0.05, 0.1) is 12.3 Å². The predicted octanol–water partition coefficient (Wildman–Crippen LogP) is 7.77. The topological polar surface area (TPSA) is 34.1 Å². The molecule has 5 rings (SSSR count). The molecule has 0 amide bonds. The Labute approximate surface area is 233 Å². The lowest BCUT2D eigenvalue weighted by molar-refractivity contribution is -0.275. The fourth-order valence-electron chi connectivity index (χ4n) is 4.94. The number of nitrogens with zero attached hydrogens (tertiary/aromatic N) is 2. The van der Waals surface area contributed by atoms with Crippen LogP contribution in [-0.4, -0.2) is 48.9 Å². The molecule has 0 aliphatic carbocycles. The second-order valence-corrected chi connectivity index (χ2v) is 10.9. The number of alkyl halides is 3. The number of fused-ring (bicyclic) bond motifs is 2. The third-order valence-electron chi connectivity index (χ3n) is 7.02. The molecular weight excluding hydrogens is 533 g/mol. The van der Waals surface area contributed by atoms with Crippen LogP contribution >= 0.6 is 23.4 Å². The van der Waals surface area contributed by atoms with Gasteiger partial charge in [-0.3, -0.25) is 4.90 Å². The molecular formula is C29H36ClF3N2O2S. The highest BCUT2D eigenvalue weighted by molar-refractivity contribution is 7.98. The van der Waals surface area contributed by atoms with Crippen molar-refractivity contribution in [3.8, 4) is 0 Å². The zero-order valence-corrected chi connectivity index (χ0v) is 24.4. The summed E-state index contributed by atoms with van der Waals surface area (Å²) >= 11 is 7.99. The number of hydrogen-bond donors (Lipinski definition) is 0. The van der Waals surface area contributed by atoms with Gasteiger partial charge in [0.2, 0.25) is 0 Å². The third-order valence-corrected chi connectivity index (χ3v) is 7.99. The molecule has 1 fully saturated rings. The molecule has 3 heterocycles. The zero-order valence-electron chi connectivity index (χ0n) is 22.8. The number of halogens is 4. The minimum absolute atomic E-state index is 0.0344. The van der Waals surface area contributed by atoms with E-state index < -0.39 is 18.2 Å². The highest BCUT2D eigenvalue weighted by Gasteiger charge is 2.62. The lowest BCUT2D eigenvalue weighted by Crippen LogP contribution is -2.57. The Balaban J connectivity index is 0.000000515. The molecule has 0 saturated carbocycles. The Morgan fingerprint density at radius 1 is 1.18 bits per heavy atom. The molecule has 0 N–H and O–H groups in total. The molecule has 4 nitrogen and oxygen atoms in total. The molecule has 1 atom stereocenters. The lowest BCUT2D eigenvalue weighted by Gasteiger charge is -2.45. The van der Waals surface area contributed by atoms with Gasteiger partial charge >= 0.3 is 6.18 Å². The number of likely N-dealkylation sites (N-methyl/N-ethyl adjacent to an activating group) is 1. The Kier molecular flexibility index (Phi) is 9.67. The molecule has 9 heteroatoms. The van der Waals surface area contributed by atoms with Gasteiger partial charge in [-0.2, -0.15) is 24.9 Å². The number of hydrogen-bond acceptors (Lipinski definition) is 5. The molecule has 208 valence electrons. The quantitative estimate of drug-likeness (QED) is 0.353. The van der Waals surface area contributed by atoms with E-state index in [0.717, 1.165) is 35.5 Å². The van der Waals surface area contributed by atoms with E-state index in [1.54, 1.807) is 25.6 Å². The van der Waals surface area contributed by atoms with Crippen LogP contribution in [0.25, 0.3) is 0 Å². The second-order valence-electron chi connectivity index (χ2n) is 9.60. The number of ether oxygens (including phenoxy) is 1. The first kappa shape index (κ1) is 30.5. The highest BCUT2D eigenvalue weighted by atomic mass is 35.5. The monoisotopic (exact) mass is 568 g/mol. The molecule has 0 bridgehead atoms. The van der Waals surface area contributed by atoms with E-state index >= 15 is 0 Å². The van der Waals surface area contributed by atoms with Crippen LogP contribution in [0, 0.1) is 13.8 Å². The fraction of sp³-hybridized carbons (Fsp3) is 0.483. The summed E-state index contributed by atoms with van der Waals surface area (Å²) < 4.78 is 48.9. The maximum atomic E-state index is 14.3. The van der Waals surface area contributed by atoms with Gasteiger partial charge in [0.15, 0.2) is 0 Å².